The van der Waals surface area contributed by atoms with Crippen molar-refractivity contribution in [3.8, 4) is 11.1 Å². The van der Waals surface area contributed by atoms with Crippen LogP contribution in [0, 0.1) is 5.92 Å². The number of rotatable bonds is 3. The molecule has 0 aliphatic heterocycles. The monoisotopic (exact) mass is 252 g/mol. The second-order valence-corrected chi connectivity index (χ2v) is 5.23. The third-order valence-electron chi connectivity index (χ3n) is 3.95. The fourth-order valence-corrected chi connectivity index (χ4v) is 3.20. The van der Waals surface area contributed by atoms with E-state index in [4.69, 9.17) is 5.11 Å². The quantitative estimate of drug-likeness (QED) is 0.899. The lowest BCUT2D eigenvalue weighted by Gasteiger charge is -2.20. The molecule has 1 aliphatic carbocycles. The van der Waals surface area contributed by atoms with Gasteiger partial charge in [-0.15, -0.1) is 0 Å². The molecule has 0 saturated carbocycles. The molecule has 0 aromatic heterocycles. The Balaban J connectivity index is 2.12. The fraction of sp³-hybridized carbons (Fsp3) is 0.235. The summed E-state index contributed by atoms with van der Waals surface area (Å²) in [6.07, 6.45) is 0.202. The van der Waals surface area contributed by atoms with Crippen LogP contribution in [0.3, 0.4) is 0 Å². The molecule has 0 radical (unpaired) electrons. The molecule has 2 aromatic carbocycles. The number of carbonyl (C=O) groups is 1. The van der Waals surface area contributed by atoms with Crippen LogP contribution >= 0.6 is 0 Å². The Labute approximate surface area is 112 Å². The minimum atomic E-state index is -0.727. The van der Waals surface area contributed by atoms with E-state index in [1.807, 2.05) is 31.2 Å². The highest BCUT2D eigenvalue weighted by Crippen LogP contribution is 2.48. The second kappa shape index (κ2) is 4.54. The number of carboxylic acids is 1. The molecule has 1 unspecified atom stereocenters. The van der Waals surface area contributed by atoms with Crippen LogP contribution in [-0.4, -0.2) is 11.1 Å². The zero-order chi connectivity index (χ0) is 13.4. The Hall–Kier alpha value is -2.09. The fourth-order valence-electron chi connectivity index (χ4n) is 3.20. The molecule has 0 amide bonds. The van der Waals surface area contributed by atoms with Crippen molar-refractivity contribution < 1.29 is 9.90 Å². The van der Waals surface area contributed by atoms with Crippen molar-refractivity contribution in [3.63, 3.8) is 0 Å². The lowest BCUT2D eigenvalue weighted by Crippen LogP contribution is -2.13. The molecule has 0 saturated heterocycles. The SMILES string of the molecule is CC(CC(=O)O)C1c2ccccc2-c2ccccc21. The van der Waals surface area contributed by atoms with Crippen molar-refractivity contribution in [2.24, 2.45) is 5.92 Å². The smallest absolute Gasteiger partial charge is 0.303 e. The van der Waals surface area contributed by atoms with Gasteiger partial charge in [-0.2, -0.15) is 0 Å². The van der Waals surface area contributed by atoms with Crippen molar-refractivity contribution in [2.75, 3.05) is 0 Å². The first-order valence-corrected chi connectivity index (χ1v) is 6.58. The molecule has 0 bridgehead atoms. The number of aliphatic carboxylic acids is 1. The minimum Gasteiger partial charge on any atom is -0.481 e. The average molecular weight is 252 g/mol. The van der Waals surface area contributed by atoms with Crippen LogP contribution in [0.2, 0.25) is 0 Å². The highest BCUT2D eigenvalue weighted by Gasteiger charge is 2.32. The summed E-state index contributed by atoms with van der Waals surface area (Å²) in [6, 6.07) is 16.6. The van der Waals surface area contributed by atoms with Crippen molar-refractivity contribution >= 4 is 5.97 Å². The minimum absolute atomic E-state index is 0.0994. The summed E-state index contributed by atoms with van der Waals surface area (Å²) in [7, 11) is 0. The van der Waals surface area contributed by atoms with Crippen LogP contribution in [0.4, 0.5) is 0 Å². The van der Waals surface area contributed by atoms with Crippen LogP contribution in [0.15, 0.2) is 48.5 Å². The lowest BCUT2D eigenvalue weighted by molar-refractivity contribution is -0.138. The molecule has 2 nitrogen and oxygen atoms in total. The zero-order valence-corrected chi connectivity index (χ0v) is 10.8. The molecule has 3 rings (SSSR count). The van der Waals surface area contributed by atoms with Gasteiger partial charge in [0.05, 0.1) is 0 Å². The van der Waals surface area contributed by atoms with Gasteiger partial charge in [0.2, 0.25) is 0 Å². The molecule has 0 fully saturated rings. The topological polar surface area (TPSA) is 37.3 Å². The molecular weight excluding hydrogens is 236 g/mol. The maximum atomic E-state index is 11.0. The molecule has 1 N–H and O–H groups in total. The van der Waals surface area contributed by atoms with Gasteiger partial charge in [-0.05, 0) is 28.2 Å². The van der Waals surface area contributed by atoms with Gasteiger partial charge in [0.15, 0.2) is 0 Å². The second-order valence-electron chi connectivity index (χ2n) is 5.23. The van der Waals surface area contributed by atoms with E-state index in [9.17, 15) is 4.79 Å². The van der Waals surface area contributed by atoms with Crippen LogP contribution in [-0.2, 0) is 4.79 Å². The molecule has 1 atom stereocenters. The summed E-state index contributed by atoms with van der Waals surface area (Å²) in [4.78, 5) is 11.0. The largest absolute Gasteiger partial charge is 0.481 e. The molecule has 96 valence electrons. The molecule has 1 aliphatic rings. The Morgan fingerprint density at radius 2 is 1.53 bits per heavy atom. The molecule has 19 heavy (non-hydrogen) atoms. The van der Waals surface area contributed by atoms with Crippen molar-refractivity contribution in [3.05, 3.63) is 59.7 Å². The van der Waals surface area contributed by atoms with E-state index < -0.39 is 5.97 Å². The Bertz CT molecular complexity index is 585. The van der Waals surface area contributed by atoms with Crippen LogP contribution < -0.4 is 0 Å². The van der Waals surface area contributed by atoms with E-state index in [0.29, 0.717) is 0 Å². The van der Waals surface area contributed by atoms with E-state index in [0.717, 1.165) is 0 Å². The van der Waals surface area contributed by atoms with Gasteiger partial charge in [0, 0.05) is 12.3 Å². The van der Waals surface area contributed by atoms with Gasteiger partial charge in [0.1, 0.15) is 0 Å². The van der Waals surface area contributed by atoms with Gasteiger partial charge >= 0.3 is 5.97 Å². The molecular formula is C17H16O2. The number of hydrogen-bond acceptors (Lipinski definition) is 1. The van der Waals surface area contributed by atoms with Crippen LogP contribution in [0.25, 0.3) is 11.1 Å². The Morgan fingerprint density at radius 3 is 2.00 bits per heavy atom. The first-order chi connectivity index (χ1) is 9.18. The number of benzene rings is 2. The zero-order valence-electron chi connectivity index (χ0n) is 10.8. The van der Waals surface area contributed by atoms with Gasteiger partial charge in [-0.3, -0.25) is 4.79 Å². The van der Waals surface area contributed by atoms with E-state index in [2.05, 4.69) is 24.3 Å². The standard InChI is InChI=1S/C17H16O2/c1-11(10-16(18)19)17-14-8-4-2-6-12(14)13-7-3-5-9-15(13)17/h2-9,11,17H,10H2,1H3,(H,18,19). The van der Waals surface area contributed by atoms with Crippen LogP contribution in [0.5, 0.6) is 0 Å². The summed E-state index contributed by atoms with van der Waals surface area (Å²) in [6.45, 7) is 2.03. The summed E-state index contributed by atoms with van der Waals surface area (Å²) in [5, 5.41) is 9.04. The van der Waals surface area contributed by atoms with Gasteiger partial charge in [0.25, 0.3) is 0 Å². The maximum Gasteiger partial charge on any atom is 0.303 e. The van der Waals surface area contributed by atoms with Gasteiger partial charge < -0.3 is 5.11 Å². The van der Waals surface area contributed by atoms with Crippen molar-refractivity contribution in [1.29, 1.82) is 0 Å². The van der Waals surface area contributed by atoms with E-state index in [1.165, 1.54) is 22.3 Å². The Kier molecular flexibility index (Phi) is 2.86. The van der Waals surface area contributed by atoms with E-state index in [1.54, 1.807) is 0 Å². The summed E-state index contributed by atoms with van der Waals surface area (Å²) < 4.78 is 0. The molecule has 2 aromatic rings. The number of hydrogen-bond donors (Lipinski definition) is 1. The maximum absolute atomic E-state index is 11.0. The molecule has 0 heterocycles. The summed E-state index contributed by atoms with van der Waals surface area (Å²) in [5.74, 6) is -0.430. The highest BCUT2D eigenvalue weighted by molar-refractivity contribution is 5.79. The van der Waals surface area contributed by atoms with Gasteiger partial charge in [-0.1, -0.05) is 55.5 Å². The average Bonchev–Trinajstić information content (AvgIpc) is 2.72. The normalized spacial score (nSPS) is 14.8. The number of carboxylic acid groups (broad SMARTS) is 1. The van der Waals surface area contributed by atoms with E-state index >= 15 is 0 Å². The first-order valence-electron chi connectivity index (χ1n) is 6.58. The summed E-state index contributed by atoms with van der Waals surface area (Å²) in [5.41, 5.74) is 5.02. The highest BCUT2D eigenvalue weighted by atomic mass is 16.4. The first kappa shape index (κ1) is 12.0. The molecule has 2 heteroatoms. The predicted molar refractivity (Wildman–Crippen MR) is 75.1 cm³/mol. The van der Waals surface area contributed by atoms with Crippen molar-refractivity contribution in [1.82, 2.24) is 0 Å². The number of fused-ring (bicyclic) bond motifs is 3. The van der Waals surface area contributed by atoms with Gasteiger partial charge in [-0.25, -0.2) is 0 Å². The van der Waals surface area contributed by atoms with E-state index in [-0.39, 0.29) is 18.3 Å². The lowest BCUT2D eigenvalue weighted by atomic mass is 9.83. The third-order valence-corrected chi connectivity index (χ3v) is 3.95. The van der Waals surface area contributed by atoms with Crippen molar-refractivity contribution in [2.45, 2.75) is 19.3 Å². The third kappa shape index (κ3) is 1.93. The summed E-state index contributed by atoms with van der Waals surface area (Å²) >= 11 is 0. The molecule has 0 spiro atoms. The Morgan fingerprint density at radius 1 is 1.05 bits per heavy atom. The van der Waals surface area contributed by atoms with Crippen LogP contribution in [0.1, 0.15) is 30.4 Å². The predicted octanol–water partition coefficient (Wildman–Crippen LogP) is 3.91.